The van der Waals surface area contributed by atoms with E-state index in [4.69, 9.17) is 5.26 Å². The number of pyridine rings is 1. The summed E-state index contributed by atoms with van der Waals surface area (Å²) in [5.41, 5.74) is 0. The van der Waals surface area contributed by atoms with Gasteiger partial charge in [-0.1, -0.05) is 6.92 Å². The van der Waals surface area contributed by atoms with Crippen molar-refractivity contribution >= 4 is 15.8 Å². The van der Waals surface area contributed by atoms with Crippen molar-refractivity contribution in [3.8, 4) is 6.07 Å². The van der Waals surface area contributed by atoms with Crippen LogP contribution >= 0.6 is 0 Å². The molecule has 0 spiro atoms. The standard InChI is InChI=1S/C12H18N4O2S/c1-3-7-14-12-10-11(5-8-15-12)19(17,18)16(2)9-4-6-13/h5,8,10H,3-4,7,9H2,1-2H3,(H,14,15). The summed E-state index contributed by atoms with van der Waals surface area (Å²) >= 11 is 0. The molecular formula is C12H18N4O2S. The minimum atomic E-state index is -3.56. The third-order valence-corrected chi connectivity index (χ3v) is 4.39. The van der Waals surface area contributed by atoms with Crippen LogP contribution in [0.5, 0.6) is 0 Å². The Hall–Kier alpha value is -1.65. The van der Waals surface area contributed by atoms with Gasteiger partial charge in [0.05, 0.1) is 11.0 Å². The molecule has 1 rings (SSSR count). The fourth-order valence-corrected chi connectivity index (χ4v) is 2.61. The molecule has 0 bridgehead atoms. The highest BCUT2D eigenvalue weighted by Crippen LogP contribution is 2.16. The number of aromatic nitrogens is 1. The summed E-state index contributed by atoms with van der Waals surface area (Å²) in [7, 11) is -2.09. The number of nitrogens with zero attached hydrogens (tertiary/aromatic N) is 3. The van der Waals surface area contributed by atoms with E-state index in [0.29, 0.717) is 5.82 Å². The van der Waals surface area contributed by atoms with Crippen molar-refractivity contribution in [2.45, 2.75) is 24.7 Å². The summed E-state index contributed by atoms with van der Waals surface area (Å²) in [6.07, 6.45) is 2.56. The number of nitriles is 1. The van der Waals surface area contributed by atoms with Crippen LogP contribution in [0, 0.1) is 11.3 Å². The van der Waals surface area contributed by atoms with Gasteiger partial charge in [0.25, 0.3) is 0 Å². The molecule has 19 heavy (non-hydrogen) atoms. The van der Waals surface area contributed by atoms with E-state index in [1.165, 1.54) is 29.7 Å². The fourth-order valence-electron chi connectivity index (χ4n) is 1.43. The Morgan fingerprint density at radius 1 is 1.53 bits per heavy atom. The van der Waals surface area contributed by atoms with Crippen molar-refractivity contribution in [1.29, 1.82) is 5.26 Å². The Labute approximate surface area is 114 Å². The number of anilines is 1. The average molecular weight is 282 g/mol. The monoisotopic (exact) mass is 282 g/mol. The minimum absolute atomic E-state index is 0.168. The highest BCUT2D eigenvalue weighted by Gasteiger charge is 2.20. The van der Waals surface area contributed by atoms with E-state index in [-0.39, 0.29) is 17.9 Å². The van der Waals surface area contributed by atoms with Gasteiger partial charge in [0, 0.05) is 38.8 Å². The lowest BCUT2D eigenvalue weighted by Crippen LogP contribution is -2.27. The lowest BCUT2D eigenvalue weighted by molar-refractivity contribution is 0.476. The van der Waals surface area contributed by atoms with Crippen molar-refractivity contribution in [3.63, 3.8) is 0 Å². The van der Waals surface area contributed by atoms with Crippen LogP contribution in [0.4, 0.5) is 5.82 Å². The summed E-state index contributed by atoms with van der Waals surface area (Å²) in [6, 6.07) is 4.89. The van der Waals surface area contributed by atoms with Crippen LogP contribution in [-0.2, 0) is 10.0 Å². The second-order valence-electron chi connectivity index (χ2n) is 4.04. The topological polar surface area (TPSA) is 86.1 Å². The number of hydrogen-bond donors (Lipinski definition) is 1. The van der Waals surface area contributed by atoms with E-state index in [1.54, 1.807) is 0 Å². The van der Waals surface area contributed by atoms with Crippen molar-refractivity contribution < 1.29 is 8.42 Å². The van der Waals surface area contributed by atoms with Gasteiger partial charge in [-0.25, -0.2) is 13.4 Å². The third-order valence-electron chi connectivity index (χ3n) is 2.53. The molecule has 104 valence electrons. The quantitative estimate of drug-likeness (QED) is 0.817. The summed E-state index contributed by atoms with van der Waals surface area (Å²) < 4.78 is 25.6. The normalized spacial score (nSPS) is 11.3. The van der Waals surface area contributed by atoms with Gasteiger partial charge in [0.1, 0.15) is 5.82 Å². The molecule has 1 N–H and O–H groups in total. The second kappa shape index (κ2) is 7.07. The Morgan fingerprint density at radius 2 is 2.26 bits per heavy atom. The van der Waals surface area contributed by atoms with Crippen LogP contribution in [0.2, 0.25) is 0 Å². The van der Waals surface area contributed by atoms with Crippen LogP contribution in [0.3, 0.4) is 0 Å². The zero-order valence-corrected chi connectivity index (χ0v) is 11.9. The molecule has 0 saturated heterocycles. The Bertz CT molecular complexity index is 551. The first-order valence-electron chi connectivity index (χ1n) is 6.05. The van der Waals surface area contributed by atoms with Crippen molar-refractivity contribution in [3.05, 3.63) is 18.3 Å². The van der Waals surface area contributed by atoms with Crippen molar-refractivity contribution in [2.75, 3.05) is 25.5 Å². The van der Waals surface area contributed by atoms with Crippen LogP contribution in [-0.4, -0.2) is 37.8 Å². The fraction of sp³-hybridized carbons (Fsp3) is 0.500. The molecular weight excluding hydrogens is 264 g/mol. The summed E-state index contributed by atoms with van der Waals surface area (Å²) in [4.78, 5) is 4.25. The van der Waals surface area contributed by atoms with Gasteiger partial charge in [-0.05, 0) is 12.5 Å². The predicted molar refractivity (Wildman–Crippen MR) is 73.1 cm³/mol. The number of hydrogen-bond acceptors (Lipinski definition) is 5. The molecule has 0 aliphatic rings. The summed E-state index contributed by atoms with van der Waals surface area (Å²) in [5.74, 6) is 0.539. The highest BCUT2D eigenvalue weighted by molar-refractivity contribution is 7.89. The van der Waals surface area contributed by atoms with E-state index in [0.717, 1.165) is 13.0 Å². The number of rotatable bonds is 7. The molecule has 0 saturated carbocycles. The molecule has 0 fully saturated rings. The molecule has 1 heterocycles. The molecule has 0 atom stereocenters. The first-order chi connectivity index (χ1) is 9.02. The smallest absolute Gasteiger partial charge is 0.243 e. The van der Waals surface area contributed by atoms with E-state index in [2.05, 4.69) is 10.3 Å². The van der Waals surface area contributed by atoms with Crippen molar-refractivity contribution in [2.24, 2.45) is 0 Å². The minimum Gasteiger partial charge on any atom is -0.370 e. The van der Waals surface area contributed by atoms with Gasteiger partial charge >= 0.3 is 0 Å². The van der Waals surface area contributed by atoms with Gasteiger partial charge in [0.2, 0.25) is 10.0 Å². The Balaban J connectivity index is 2.92. The molecule has 7 heteroatoms. The van der Waals surface area contributed by atoms with Gasteiger partial charge in [0.15, 0.2) is 0 Å². The van der Waals surface area contributed by atoms with Crippen LogP contribution in [0.15, 0.2) is 23.2 Å². The molecule has 0 aromatic carbocycles. The molecule has 6 nitrogen and oxygen atoms in total. The molecule has 0 aliphatic heterocycles. The lowest BCUT2D eigenvalue weighted by atomic mass is 10.4. The maximum atomic E-state index is 12.2. The molecule has 1 aromatic rings. The van der Waals surface area contributed by atoms with Crippen LogP contribution in [0.25, 0.3) is 0 Å². The summed E-state index contributed by atoms with van der Waals surface area (Å²) in [5, 5.41) is 11.5. The first-order valence-corrected chi connectivity index (χ1v) is 7.49. The van der Waals surface area contributed by atoms with Crippen LogP contribution < -0.4 is 5.32 Å². The van der Waals surface area contributed by atoms with Crippen LogP contribution in [0.1, 0.15) is 19.8 Å². The van der Waals surface area contributed by atoms with Gasteiger partial charge in [-0.15, -0.1) is 0 Å². The van der Waals surface area contributed by atoms with E-state index in [9.17, 15) is 8.42 Å². The first kappa shape index (κ1) is 15.4. The number of sulfonamides is 1. The van der Waals surface area contributed by atoms with E-state index >= 15 is 0 Å². The zero-order chi connectivity index (χ0) is 14.3. The lowest BCUT2D eigenvalue weighted by Gasteiger charge is -2.16. The van der Waals surface area contributed by atoms with Gasteiger partial charge in [-0.2, -0.15) is 9.57 Å². The maximum Gasteiger partial charge on any atom is 0.243 e. The molecule has 1 aromatic heterocycles. The molecule has 0 amide bonds. The highest BCUT2D eigenvalue weighted by atomic mass is 32.2. The SMILES string of the molecule is CCCNc1cc(S(=O)(=O)N(C)CCC#N)ccn1. The van der Waals surface area contributed by atoms with Crippen molar-refractivity contribution in [1.82, 2.24) is 9.29 Å². The number of nitrogens with one attached hydrogen (secondary N) is 1. The largest absolute Gasteiger partial charge is 0.370 e. The Morgan fingerprint density at radius 3 is 2.89 bits per heavy atom. The van der Waals surface area contributed by atoms with E-state index < -0.39 is 10.0 Å². The van der Waals surface area contributed by atoms with Gasteiger partial charge in [-0.3, -0.25) is 0 Å². The summed E-state index contributed by atoms with van der Waals surface area (Å²) in [6.45, 7) is 2.93. The Kier molecular flexibility index (Phi) is 5.73. The third kappa shape index (κ3) is 4.19. The van der Waals surface area contributed by atoms with E-state index in [1.807, 2.05) is 13.0 Å². The van der Waals surface area contributed by atoms with Gasteiger partial charge < -0.3 is 5.32 Å². The maximum absolute atomic E-state index is 12.2. The molecule has 0 aliphatic carbocycles. The molecule has 0 radical (unpaired) electrons. The predicted octanol–water partition coefficient (Wildman–Crippen LogP) is 1.44. The second-order valence-corrected chi connectivity index (χ2v) is 6.08. The average Bonchev–Trinajstić information content (AvgIpc) is 2.42. The molecule has 0 unspecified atom stereocenters. The zero-order valence-electron chi connectivity index (χ0n) is 11.1.